The van der Waals surface area contributed by atoms with E-state index in [0.717, 1.165) is 38.0 Å². The van der Waals surface area contributed by atoms with Crippen molar-refractivity contribution in [3.8, 4) is 5.75 Å². The molecular weight excluding hydrogens is 318 g/mol. The van der Waals surface area contributed by atoms with Gasteiger partial charge < -0.3 is 10.1 Å². The molecule has 2 saturated heterocycles. The van der Waals surface area contributed by atoms with Gasteiger partial charge in [-0.15, -0.1) is 0 Å². The molecule has 0 spiro atoms. The van der Waals surface area contributed by atoms with E-state index in [4.69, 9.17) is 4.74 Å². The molecule has 1 aromatic carbocycles. The third kappa shape index (κ3) is 2.78. The first-order valence-corrected chi connectivity index (χ1v) is 9.05. The number of rotatable bonds is 5. The lowest BCUT2D eigenvalue weighted by molar-refractivity contribution is -0.133. The number of likely N-dealkylation sites (tertiary alicyclic amines) is 1. The van der Waals surface area contributed by atoms with E-state index < -0.39 is 5.54 Å². The van der Waals surface area contributed by atoms with E-state index in [0.29, 0.717) is 12.6 Å². The van der Waals surface area contributed by atoms with Crippen LogP contribution in [0.4, 0.5) is 4.79 Å². The van der Waals surface area contributed by atoms with E-state index in [1.54, 1.807) is 7.11 Å². The first kappa shape index (κ1) is 16.4. The molecule has 4 rings (SSSR count). The second-order valence-corrected chi connectivity index (χ2v) is 7.52. The SMILES string of the molecule is COc1ccc([C@H]2CCCN2CN2C(=O)N[C@](C)(C3CC3)C2=O)cc1. The number of benzene rings is 1. The topological polar surface area (TPSA) is 61.9 Å². The van der Waals surface area contributed by atoms with Gasteiger partial charge in [0, 0.05) is 12.6 Å². The molecule has 0 aromatic heterocycles. The number of carbonyl (C=O) groups excluding carboxylic acids is 2. The van der Waals surface area contributed by atoms with Crippen LogP contribution in [0.1, 0.15) is 44.2 Å². The summed E-state index contributed by atoms with van der Waals surface area (Å²) in [5, 5.41) is 2.93. The molecule has 1 saturated carbocycles. The number of nitrogens with zero attached hydrogens (tertiary/aromatic N) is 2. The fraction of sp³-hybridized carbons (Fsp3) is 0.579. The van der Waals surface area contributed by atoms with E-state index in [-0.39, 0.29) is 18.0 Å². The maximum absolute atomic E-state index is 12.8. The molecule has 0 bridgehead atoms. The van der Waals surface area contributed by atoms with E-state index in [2.05, 4.69) is 22.3 Å². The zero-order valence-electron chi connectivity index (χ0n) is 14.8. The van der Waals surface area contributed by atoms with Crippen molar-refractivity contribution < 1.29 is 14.3 Å². The van der Waals surface area contributed by atoms with Crippen LogP contribution in [0.15, 0.2) is 24.3 Å². The summed E-state index contributed by atoms with van der Waals surface area (Å²) in [5.74, 6) is 1.06. The number of hydrogen-bond donors (Lipinski definition) is 1. The highest BCUT2D eigenvalue weighted by Gasteiger charge is 2.56. The number of urea groups is 1. The third-order valence-electron chi connectivity index (χ3n) is 5.88. The lowest BCUT2D eigenvalue weighted by Gasteiger charge is -2.29. The summed E-state index contributed by atoms with van der Waals surface area (Å²) in [7, 11) is 1.66. The van der Waals surface area contributed by atoms with Crippen molar-refractivity contribution >= 4 is 11.9 Å². The van der Waals surface area contributed by atoms with E-state index in [9.17, 15) is 9.59 Å². The average molecular weight is 343 g/mol. The van der Waals surface area contributed by atoms with Crippen LogP contribution in [-0.4, -0.2) is 47.6 Å². The number of hydrogen-bond acceptors (Lipinski definition) is 4. The van der Waals surface area contributed by atoms with Crippen LogP contribution < -0.4 is 10.1 Å². The number of imide groups is 1. The molecule has 2 heterocycles. The minimum Gasteiger partial charge on any atom is -0.497 e. The average Bonchev–Trinajstić information content (AvgIpc) is 3.34. The fourth-order valence-corrected chi connectivity index (χ4v) is 4.16. The lowest BCUT2D eigenvalue weighted by atomic mass is 9.96. The Morgan fingerprint density at radius 3 is 2.56 bits per heavy atom. The Bertz CT molecular complexity index is 686. The monoisotopic (exact) mass is 343 g/mol. The second kappa shape index (κ2) is 6.02. The maximum Gasteiger partial charge on any atom is 0.326 e. The van der Waals surface area contributed by atoms with Gasteiger partial charge in [0.2, 0.25) is 0 Å². The van der Waals surface area contributed by atoms with Gasteiger partial charge in [-0.1, -0.05) is 12.1 Å². The molecule has 2 atom stereocenters. The molecule has 3 fully saturated rings. The Morgan fingerprint density at radius 2 is 1.92 bits per heavy atom. The lowest BCUT2D eigenvalue weighted by Crippen LogP contribution is -2.47. The van der Waals surface area contributed by atoms with E-state index >= 15 is 0 Å². The van der Waals surface area contributed by atoms with Crippen molar-refractivity contribution in [3.05, 3.63) is 29.8 Å². The van der Waals surface area contributed by atoms with Gasteiger partial charge in [-0.3, -0.25) is 9.69 Å². The second-order valence-electron chi connectivity index (χ2n) is 7.52. The number of ether oxygens (including phenoxy) is 1. The van der Waals surface area contributed by atoms with Crippen LogP contribution in [0.3, 0.4) is 0 Å². The van der Waals surface area contributed by atoms with Crippen LogP contribution >= 0.6 is 0 Å². The molecule has 1 aromatic rings. The minimum atomic E-state index is -0.702. The highest BCUT2D eigenvalue weighted by atomic mass is 16.5. The van der Waals surface area contributed by atoms with Crippen molar-refractivity contribution in [1.82, 2.24) is 15.1 Å². The minimum absolute atomic E-state index is 0.0691. The molecule has 2 aliphatic heterocycles. The molecule has 0 radical (unpaired) electrons. The summed E-state index contributed by atoms with van der Waals surface area (Å²) in [5.41, 5.74) is 0.502. The molecular formula is C19H25N3O3. The first-order valence-electron chi connectivity index (χ1n) is 9.05. The summed E-state index contributed by atoms with van der Waals surface area (Å²) in [6.07, 6.45) is 4.15. The van der Waals surface area contributed by atoms with Crippen LogP contribution in [0.5, 0.6) is 5.75 Å². The zero-order valence-corrected chi connectivity index (χ0v) is 14.8. The van der Waals surface area contributed by atoms with Gasteiger partial charge in [-0.25, -0.2) is 9.69 Å². The van der Waals surface area contributed by atoms with Gasteiger partial charge in [-0.2, -0.15) is 0 Å². The summed E-state index contributed by atoms with van der Waals surface area (Å²) in [6.45, 7) is 3.13. The van der Waals surface area contributed by atoms with Crippen molar-refractivity contribution in [1.29, 1.82) is 0 Å². The quantitative estimate of drug-likeness (QED) is 0.835. The van der Waals surface area contributed by atoms with Crippen molar-refractivity contribution in [3.63, 3.8) is 0 Å². The first-order chi connectivity index (χ1) is 12.0. The zero-order chi connectivity index (χ0) is 17.6. The van der Waals surface area contributed by atoms with Crippen molar-refractivity contribution in [2.45, 2.75) is 44.2 Å². The highest BCUT2D eigenvalue weighted by molar-refractivity contribution is 6.07. The highest BCUT2D eigenvalue weighted by Crippen LogP contribution is 2.43. The van der Waals surface area contributed by atoms with Crippen LogP contribution in [0, 0.1) is 5.92 Å². The standard InChI is InChI=1S/C19H25N3O3/c1-19(14-7-8-14)17(23)22(18(24)20-19)12-21-11-3-4-16(21)13-5-9-15(25-2)10-6-13/h5-6,9-10,14,16H,3-4,7-8,11-12H2,1-2H3,(H,20,24)/t16-,19-/m1/s1. The van der Waals surface area contributed by atoms with E-state index in [1.807, 2.05) is 19.1 Å². The number of methoxy groups -OCH3 is 1. The van der Waals surface area contributed by atoms with E-state index in [1.165, 1.54) is 10.5 Å². The van der Waals surface area contributed by atoms with Gasteiger partial charge in [0.05, 0.1) is 13.8 Å². The van der Waals surface area contributed by atoms with Crippen molar-refractivity contribution in [2.24, 2.45) is 5.92 Å². The Balaban J connectivity index is 1.49. The number of nitrogens with one attached hydrogen (secondary N) is 1. The maximum atomic E-state index is 12.8. The summed E-state index contributed by atoms with van der Waals surface area (Å²) in [6, 6.07) is 8.05. The molecule has 6 nitrogen and oxygen atoms in total. The fourth-order valence-electron chi connectivity index (χ4n) is 4.16. The third-order valence-corrected chi connectivity index (χ3v) is 5.88. The normalized spacial score (nSPS) is 30.0. The van der Waals surface area contributed by atoms with Gasteiger partial charge in [0.1, 0.15) is 11.3 Å². The Hall–Kier alpha value is -2.08. The molecule has 0 unspecified atom stereocenters. The summed E-state index contributed by atoms with van der Waals surface area (Å²) < 4.78 is 5.23. The Morgan fingerprint density at radius 1 is 1.20 bits per heavy atom. The molecule has 3 aliphatic rings. The number of amides is 3. The predicted molar refractivity (Wildman–Crippen MR) is 93.0 cm³/mol. The summed E-state index contributed by atoms with van der Waals surface area (Å²) >= 11 is 0. The molecule has 6 heteroatoms. The molecule has 1 N–H and O–H groups in total. The Kier molecular flexibility index (Phi) is 3.95. The predicted octanol–water partition coefficient (Wildman–Crippen LogP) is 2.51. The molecule has 3 amide bonds. The van der Waals surface area contributed by atoms with Gasteiger partial charge in [0.25, 0.3) is 5.91 Å². The van der Waals surface area contributed by atoms with Crippen LogP contribution in [0.2, 0.25) is 0 Å². The van der Waals surface area contributed by atoms with Gasteiger partial charge in [0.15, 0.2) is 0 Å². The smallest absolute Gasteiger partial charge is 0.326 e. The van der Waals surface area contributed by atoms with Crippen LogP contribution in [-0.2, 0) is 4.79 Å². The molecule has 1 aliphatic carbocycles. The summed E-state index contributed by atoms with van der Waals surface area (Å²) in [4.78, 5) is 28.9. The number of carbonyl (C=O) groups is 2. The largest absolute Gasteiger partial charge is 0.497 e. The van der Waals surface area contributed by atoms with Crippen molar-refractivity contribution in [2.75, 3.05) is 20.3 Å². The molecule has 134 valence electrons. The van der Waals surface area contributed by atoms with Gasteiger partial charge in [-0.05, 0) is 56.2 Å². The van der Waals surface area contributed by atoms with Gasteiger partial charge >= 0.3 is 6.03 Å². The van der Waals surface area contributed by atoms with Crippen LogP contribution in [0.25, 0.3) is 0 Å². The Labute approximate surface area is 148 Å². The molecule has 25 heavy (non-hydrogen) atoms.